The molecular formula is C39H24FNS. The van der Waals surface area contributed by atoms with Gasteiger partial charge >= 0.3 is 0 Å². The first-order valence-corrected chi connectivity index (χ1v) is 14.8. The molecule has 0 atom stereocenters. The fourth-order valence-electron chi connectivity index (χ4n) is 5.83. The number of para-hydroxylation sites is 1. The van der Waals surface area contributed by atoms with E-state index in [2.05, 4.69) is 115 Å². The Hall–Kier alpha value is -5.12. The predicted octanol–water partition coefficient (Wildman–Crippen LogP) is 11.4. The minimum Gasteiger partial charge on any atom is -0.236 e. The lowest BCUT2D eigenvalue weighted by atomic mass is 9.91. The van der Waals surface area contributed by atoms with Gasteiger partial charge in [-0.1, -0.05) is 109 Å². The summed E-state index contributed by atoms with van der Waals surface area (Å²) in [6.07, 6.45) is 0. The molecule has 0 aliphatic heterocycles. The molecule has 0 unspecified atom stereocenters. The van der Waals surface area contributed by atoms with Crippen LogP contribution < -0.4 is 0 Å². The number of thiazole rings is 1. The topological polar surface area (TPSA) is 12.9 Å². The third-order valence-electron chi connectivity index (χ3n) is 7.99. The van der Waals surface area contributed by atoms with Crippen LogP contribution in [0.5, 0.6) is 0 Å². The summed E-state index contributed by atoms with van der Waals surface area (Å²) in [5.41, 5.74) is 9.06. The van der Waals surface area contributed by atoms with Crippen LogP contribution in [-0.2, 0) is 0 Å². The van der Waals surface area contributed by atoms with Gasteiger partial charge in [-0.25, -0.2) is 9.37 Å². The predicted molar refractivity (Wildman–Crippen MR) is 176 cm³/mol. The number of nitrogens with zero attached hydrogens (tertiary/aromatic N) is 1. The average Bonchev–Trinajstić information content (AvgIpc) is 3.49. The number of hydrogen-bond acceptors (Lipinski definition) is 2. The van der Waals surface area contributed by atoms with Crippen molar-refractivity contribution in [3.8, 4) is 44.0 Å². The van der Waals surface area contributed by atoms with Crippen LogP contribution in [0.25, 0.3) is 75.7 Å². The van der Waals surface area contributed by atoms with Gasteiger partial charge in [0.1, 0.15) is 10.8 Å². The summed E-state index contributed by atoms with van der Waals surface area (Å²) in [4.78, 5) is 4.81. The third kappa shape index (κ3) is 4.36. The monoisotopic (exact) mass is 557 g/mol. The van der Waals surface area contributed by atoms with Crippen molar-refractivity contribution in [3.63, 3.8) is 0 Å². The molecular weight excluding hydrogens is 534 g/mol. The molecule has 0 fully saturated rings. The van der Waals surface area contributed by atoms with E-state index in [0.717, 1.165) is 32.6 Å². The largest absolute Gasteiger partial charge is 0.236 e. The Morgan fingerprint density at radius 3 is 1.71 bits per heavy atom. The third-order valence-corrected chi connectivity index (χ3v) is 9.08. The first-order chi connectivity index (χ1) is 20.7. The summed E-state index contributed by atoms with van der Waals surface area (Å²) in [6, 6.07) is 49.9. The maximum absolute atomic E-state index is 13.6. The van der Waals surface area contributed by atoms with E-state index < -0.39 is 0 Å². The number of fused-ring (bicyclic) bond motifs is 3. The van der Waals surface area contributed by atoms with Gasteiger partial charge in [-0.2, -0.15) is 0 Å². The van der Waals surface area contributed by atoms with Crippen LogP contribution in [0.2, 0.25) is 0 Å². The van der Waals surface area contributed by atoms with Crippen molar-refractivity contribution in [1.82, 2.24) is 4.98 Å². The molecule has 0 amide bonds. The highest BCUT2D eigenvalue weighted by Crippen LogP contribution is 2.37. The van der Waals surface area contributed by atoms with Gasteiger partial charge in [-0.05, 0) is 91.3 Å². The van der Waals surface area contributed by atoms with Gasteiger partial charge in [-0.15, -0.1) is 11.3 Å². The number of hydrogen-bond donors (Lipinski definition) is 0. The van der Waals surface area contributed by atoms with E-state index in [1.807, 2.05) is 18.2 Å². The molecule has 198 valence electrons. The fraction of sp³-hybridized carbons (Fsp3) is 0. The van der Waals surface area contributed by atoms with Gasteiger partial charge in [0, 0.05) is 5.56 Å². The van der Waals surface area contributed by atoms with Crippen LogP contribution in [0.4, 0.5) is 4.39 Å². The van der Waals surface area contributed by atoms with E-state index in [4.69, 9.17) is 4.98 Å². The summed E-state index contributed by atoms with van der Waals surface area (Å²) < 4.78 is 14.8. The van der Waals surface area contributed by atoms with Crippen molar-refractivity contribution < 1.29 is 4.39 Å². The van der Waals surface area contributed by atoms with Crippen LogP contribution in [0, 0.1) is 5.82 Å². The first kappa shape index (κ1) is 24.7. The Morgan fingerprint density at radius 2 is 1.00 bits per heavy atom. The van der Waals surface area contributed by atoms with E-state index in [-0.39, 0.29) is 5.82 Å². The highest BCUT2D eigenvalue weighted by Gasteiger charge is 2.11. The highest BCUT2D eigenvalue weighted by molar-refractivity contribution is 7.21. The maximum atomic E-state index is 13.6. The lowest BCUT2D eigenvalue weighted by Gasteiger charge is -2.13. The van der Waals surface area contributed by atoms with Gasteiger partial charge in [0.15, 0.2) is 0 Å². The van der Waals surface area contributed by atoms with E-state index >= 15 is 0 Å². The highest BCUT2D eigenvalue weighted by atomic mass is 32.1. The number of aromatic nitrogens is 1. The van der Waals surface area contributed by atoms with Crippen molar-refractivity contribution in [1.29, 1.82) is 0 Å². The molecule has 8 aromatic rings. The fourth-order valence-corrected chi connectivity index (χ4v) is 6.80. The van der Waals surface area contributed by atoms with Crippen LogP contribution in [0.1, 0.15) is 0 Å². The van der Waals surface area contributed by atoms with Crippen LogP contribution in [0.3, 0.4) is 0 Å². The van der Waals surface area contributed by atoms with Gasteiger partial charge in [0.2, 0.25) is 0 Å². The summed E-state index contributed by atoms with van der Waals surface area (Å²) in [7, 11) is 0. The minimum atomic E-state index is -0.222. The minimum absolute atomic E-state index is 0.222. The zero-order valence-corrected chi connectivity index (χ0v) is 23.4. The second-order valence-electron chi connectivity index (χ2n) is 10.6. The van der Waals surface area contributed by atoms with Crippen LogP contribution >= 0.6 is 11.3 Å². The molecule has 0 N–H and O–H groups in total. The van der Waals surface area contributed by atoms with E-state index in [1.165, 1.54) is 55.2 Å². The van der Waals surface area contributed by atoms with Gasteiger partial charge in [0.05, 0.1) is 10.2 Å². The van der Waals surface area contributed by atoms with Crippen LogP contribution in [0.15, 0.2) is 146 Å². The van der Waals surface area contributed by atoms with Gasteiger partial charge < -0.3 is 0 Å². The molecule has 0 bridgehead atoms. The van der Waals surface area contributed by atoms with E-state index in [1.54, 1.807) is 11.3 Å². The molecule has 0 aliphatic rings. The van der Waals surface area contributed by atoms with Crippen molar-refractivity contribution >= 4 is 43.1 Å². The normalized spacial score (nSPS) is 11.5. The molecule has 0 spiro atoms. The van der Waals surface area contributed by atoms with E-state index in [0.29, 0.717) is 0 Å². The molecule has 1 heterocycles. The summed E-state index contributed by atoms with van der Waals surface area (Å²) in [5, 5.41) is 5.80. The summed E-state index contributed by atoms with van der Waals surface area (Å²) in [6.45, 7) is 0. The molecule has 1 nitrogen and oxygen atoms in total. The zero-order chi connectivity index (χ0) is 28.0. The summed E-state index contributed by atoms with van der Waals surface area (Å²) >= 11 is 1.73. The first-order valence-electron chi connectivity index (χ1n) is 14.0. The number of benzene rings is 7. The molecule has 0 saturated carbocycles. The molecule has 0 aliphatic carbocycles. The quantitative estimate of drug-likeness (QED) is 0.210. The molecule has 1 aromatic heterocycles. The number of rotatable bonds is 4. The maximum Gasteiger partial charge on any atom is 0.124 e. The molecule has 8 rings (SSSR count). The van der Waals surface area contributed by atoms with Crippen LogP contribution in [-0.4, -0.2) is 4.98 Å². The Bertz CT molecular complexity index is 2210. The zero-order valence-electron chi connectivity index (χ0n) is 22.6. The molecule has 0 radical (unpaired) electrons. The Morgan fingerprint density at radius 1 is 0.452 bits per heavy atom. The second-order valence-corrected chi connectivity index (χ2v) is 11.6. The average molecular weight is 558 g/mol. The van der Waals surface area contributed by atoms with Crippen molar-refractivity contribution in [2.24, 2.45) is 0 Å². The Balaban J connectivity index is 1.13. The lowest BCUT2D eigenvalue weighted by molar-refractivity contribution is 0.628. The lowest BCUT2D eigenvalue weighted by Crippen LogP contribution is -1.87. The Labute approximate surface area is 247 Å². The Kier molecular flexibility index (Phi) is 5.90. The smallest absolute Gasteiger partial charge is 0.124 e. The molecule has 42 heavy (non-hydrogen) atoms. The molecule has 7 aromatic carbocycles. The molecule has 0 saturated heterocycles. The molecule has 3 heteroatoms. The van der Waals surface area contributed by atoms with Crippen molar-refractivity contribution in [2.75, 3.05) is 0 Å². The second kappa shape index (κ2) is 10.1. The van der Waals surface area contributed by atoms with E-state index in [9.17, 15) is 4.39 Å². The van der Waals surface area contributed by atoms with Gasteiger partial charge in [-0.3, -0.25) is 0 Å². The van der Waals surface area contributed by atoms with Gasteiger partial charge in [0.25, 0.3) is 0 Å². The SMILES string of the molecule is Fc1ccc(-c2ccc(-c3ccc4cc(-c5ccc(-c6nc7ccccc7s6)cc5)ccc4c3)c3ccccc23)cc1. The van der Waals surface area contributed by atoms with Crippen molar-refractivity contribution in [2.45, 2.75) is 0 Å². The number of halogens is 1. The standard InChI is InChI=1S/C39H24FNS/c40-32-19-17-26(18-20-32)33-21-22-34(36-6-2-1-5-35(33)36)31-16-15-29-23-28(13-14-30(29)24-31)25-9-11-27(12-10-25)39-41-37-7-3-4-8-38(37)42-39/h1-24H. The van der Waals surface area contributed by atoms with Crippen molar-refractivity contribution in [3.05, 3.63) is 151 Å². The summed E-state index contributed by atoms with van der Waals surface area (Å²) in [5.74, 6) is -0.222.